The van der Waals surface area contributed by atoms with Crippen LogP contribution in [0.5, 0.6) is 0 Å². The second-order valence-corrected chi connectivity index (χ2v) is 9.73. The van der Waals surface area contributed by atoms with Crippen molar-refractivity contribution < 1.29 is 8.42 Å². The molecule has 0 bridgehead atoms. The van der Waals surface area contributed by atoms with Gasteiger partial charge in [-0.3, -0.25) is 0 Å². The third-order valence-corrected chi connectivity index (χ3v) is 7.91. The van der Waals surface area contributed by atoms with E-state index in [0.29, 0.717) is 10.1 Å². The highest BCUT2D eigenvalue weighted by molar-refractivity contribution is 7.99. The molecule has 1 aromatic rings. The van der Waals surface area contributed by atoms with Crippen LogP contribution in [0.2, 0.25) is 0 Å². The van der Waals surface area contributed by atoms with E-state index in [2.05, 4.69) is 11.6 Å². The number of thiophene rings is 1. The second-order valence-electron chi connectivity index (χ2n) is 4.69. The molecule has 4 nitrogen and oxygen atoms in total. The summed E-state index contributed by atoms with van der Waals surface area (Å²) >= 11 is 7.88. The molecule has 20 heavy (non-hydrogen) atoms. The summed E-state index contributed by atoms with van der Waals surface area (Å²) in [7, 11) is -3.45. The molecule has 0 amide bonds. The van der Waals surface area contributed by atoms with E-state index >= 15 is 0 Å². The predicted octanol–water partition coefficient (Wildman–Crippen LogP) is 2.33. The van der Waals surface area contributed by atoms with Crippen molar-refractivity contribution in [2.24, 2.45) is 5.73 Å². The molecule has 2 atom stereocenters. The number of rotatable bonds is 6. The highest BCUT2D eigenvalue weighted by Gasteiger charge is 2.29. The van der Waals surface area contributed by atoms with Crippen LogP contribution in [0.15, 0.2) is 16.3 Å². The zero-order valence-corrected chi connectivity index (χ0v) is 14.4. The molecule has 1 aromatic heterocycles. The van der Waals surface area contributed by atoms with Crippen LogP contribution in [0.3, 0.4) is 0 Å². The van der Waals surface area contributed by atoms with Gasteiger partial charge in [-0.25, -0.2) is 13.1 Å². The summed E-state index contributed by atoms with van der Waals surface area (Å²) in [5, 5.41) is 0.572. The van der Waals surface area contributed by atoms with E-state index in [1.54, 1.807) is 12.1 Å². The third kappa shape index (κ3) is 3.94. The van der Waals surface area contributed by atoms with Crippen LogP contribution < -0.4 is 10.5 Å². The molecule has 1 heterocycles. The topological polar surface area (TPSA) is 72.2 Å². The zero-order chi connectivity index (χ0) is 14.8. The lowest BCUT2D eigenvalue weighted by Crippen LogP contribution is -2.32. The Hall–Kier alpha value is -0.150. The highest BCUT2D eigenvalue weighted by Crippen LogP contribution is 2.31. The third-order valence-electron chi connectivity index (χ3n) is 3.20. The molecule has 2 unspecified atom stereocenters. The quantitative estimate of drug-likeness (QED) is 0.771. The molecule has 1 saturated carbocycles. The Kier molecular flexibility index (Phi) is 5.47. The van der Waals surface area contributed by atoms with Gasteiger partial charge in [-0.15, -0.1) is 11.3 Å². The first-order chi connectivity index (χ1) is 9.42. The lowest BCUT2D eigenvalue weighted by atomic mass is 10.3. The Labute approximate surface area is 133 Å². The maximum absolute atomic E-state index is 12.3. The SMILES string of the molecule is CCSC1CCC(NS(=O)(=O)c2ccc(C(N)=S)s2)C1. The molecule has 3 N–H and O–H groups in total. The number of nitrogens with two attached hydrogens (primary N) is 1. The predicted molar refractivity (Wildman–Crippen MR) is 90.1 cm³/mol. The molecule has 2 rings (SSSR count). The van der Waals surface area contributed by atoms with Gasteiger partial charge in [0.15, 0.2) is 0 Å². The van der Waals surface area contributed by atoms with Crippen LogP contribution in [-0.2, 0) is 10.0 Å². The lowest BCUT2D eigenvalue weighted by Gasteiger charge is -2.12. The standard InChI is InChI=1S/C12H18N2O2S4/c1-2-18-9-4-3-8(7-9)14-20(15,16)11-6-5-10(19-11)12(13)17/h5-6,8-9,14H,2-4,7H2,1H3,(H2,13,17). The van der Waals surface area contributed by atoms with E-state index in [9.17, 15) is 8.42 Å². The van der Waals surface area contributed by atoms with Gasteiger partial charge in [-0.1, -0.05) is 19.1 Å². The Morgan fingerprint density at radius 2 is 2.30 bits per heavy atom. The van der Waals surface area contributed by atoms with Crippen molar-refractivity contribution in [3.63, 3.8) is 0 Å². The maximum atomic E-state index is 12.3. The van der Waals surface area contributed by atoms with Crippen LogP contribution in [0.4, 0.5) is 0 Å². The number of hydrogen-bond acceptors (Lipinski definition) is 5. The smallest absolute Gasteiger partial charge is 0.250 e. The molecule has 1 aliphatic carbocycles. The van der Waals surface area contributed by atoms with Crippen molar-refractivity contribution in [3.8, 4) is 0 Å². The average molecular weight is 351 g/mol. The van der Waals surface area contributed by atoms with Gasteiger partial charge in [0.25, 0.3) is 0 Å². The number of sulfonamides is 1. The van der Waals surface area contributed by atoms with E-state index in [1.165, 1.54) is 0 Å². The monoisotopic (exact) mass is 350 g/mol. The number of thioether (sulfide) groups is 1. The van der Waals surface area contributed by atoms with Gasteiger partial charge in [-0.2, -0.15) is 11.8 Å². The first kappa shape index (κ1) is 16.2. The summed E-state index contributed by atoms with van der Waals surface area (Å²) in [6.07, 6.45) is 2.89. The largest absolute Gasteiger partial charge is 0.389 e. The van der Waals surface area contributed by atoms with Gasteiger partial charge in [0, 0.05) is 11.3 Å². The molecular weight excluding hydrogens is 332 g/mol. The van der Waals surface area contributed by atoms with E-state index in [1.807, 2.05) is 11.8 Å². The normalized spacial score (nSPS) is 23.1. The van der Waals surface area contributed by atoms with Crippen LogP contribution in [-0.4, -0.2) is 30.5 Å². The van der Waals surface area contributed by atoms with E-state index < -0.39 is 10.0 Å². The van der Waals surface area contributed by atoms with Crippen LogP contribution >= 0.6 is 35.3 Å². The Morgan fingerprint density at radius 3 is 2.90 bits per heavy atom. The number of hydrogen-bond donors (Lipinski definition) is 2. The minimum Gasteiger partial charge on any atom is -0.389 e. The Balaban J connectivity index is 2.02. The van der Waals surface area contributed by atoms with Crippen molar-refractivity contribution in [3.05, 3.63) is 17.0 Å². The molecule has 0 saturated heterocycles. The Bertz CT molecular complexity index is 582. The molecule has 1 fully saturated rings. The van der Waals surface area contributed by atoms with Gasteiger partial charge < -0.3 is 5.73 Å². The van der Waals surface area contributed by atoms with Crippen LogP contribution in [0.1, 0.15) is 31.1 Å². The summed E-state index contributed by atoms with van der Waals surface area (Å²) in [6.45, 7) is 2.13. The fourth-order valence-electron chi connectivity index (χ4n) is 2.31. The molecule has 112 valence electrons. The van der Waals surface area contributed by atoms with E-state index in [4.69, 9.17) is 18.0 Å². The van der Waals surface area contributed by atoms with E-state index in [-0.39, 0.29) is 15.2 Å². The molecule has 1 aliphatic rings. The maximum Gasteiger partial charge on any atom is 0.250 e. The summed E-state index contributed by atoms with van der Waals surface area (Å²) in [5.41, 5.74) is 5.51. The fraction of sp³-hybridized carbons (Fsp3) is 0.583. The van der Waals surface area contributed by atoms with Gasteiger partial charge >= 0.3 is 0 Å². The molecule has 0 radical (unpaired) electrons. The van der Waals surface area contributed by atoms with Crippen molar-refractivity contribution >= 4 is 50.3 Å². The fourth-order valence-corrected chi connectivity index (χ4v) is 6.10. The molecule has 0 aromatic carbocycles. The van der Waals surface area contributed by atoms with Gasteiger partial charge in [0.05, 0.1) is 4.88 Å². The lowest BCUT2D eigenvalue weighted by molar-refractivity contribution is 0.554. The molecular formula is C12H18N2O2S4. The van der Waals surface area contributed by atoms with Crippen LogP contribution in [0, 0.1) is 0 Å². The highest BCUT2D eigenvalue weighted by atomic mass is 32.2. The summed E-state index contributed by atoms with van der Waals surface area (Å²) in [5.74, 6) is 1.08. The van der Waals surface area contributed by atoms with Gasteiger partial charge in [0.2, 0.25) is 10.0 Å². The van der Waals surface area contributed by atoms with E-state index in [0.717, 1.165) is 36.4 Å². The average Bonchev–Trinajstić information content (AvgIpc) is 2.98. The first-order valence-corrected chi connectivity index (χ1v) is 10.2. The summed E-state index contributed by atoms with van der Waals surface area (Å²) in [6, 6.07) is 3.26. The van der Waals surface area contributed by atoms with Gasteiger partial charge in [-0.05, 0) is 37.1 Å². The summed E-state index contributed by atoms with van der Waals surface area (Å²) in [4.78, 5) is 0.864. The molecule has 8 heteroatoms. The number of nitrogens with one attached hydrogen (secondary N) is 1. The second kappa shape index (κ2) is 6.74. The van der Waals surface area contributed by atoms with Crippen molar-refractivity contribution in [2.45, 2.75) is 41.7 Å². The zero-order valence-electron chi connectivity index (χ0n) is 11.2. The summed E-state index contributed by atoms with van der Waals surface area (Å²) < 4.78 is 27.7. The minimum atomic E-state index is -3.45. The molecule has 0 spiro atoms. The van der Waals surface area contributed by atoms with Crippen molar-refractivity contribution in [2.75, 3.05) is 5.75 Å². The van der Waals surface area contributed by atoms with Crippen molar-refractivity contribution in [1.82, 2.24) is 4.72 Å². The minimum absolute atomic E-state index is 0.0411. The number of thiocarbonyl (C=S) groups is 1. The van der Waals surface area contributed by atoms with Crippen LogP contribution in [0.25, 0.3) is 0 Å². The first-order valence-electron chi connectivity index (χ1n) is 6.46. The molecule has 0 aliphatic heterocycles. The van der Waals surface area contributed by atoms with Gasteiger partial charge in [0.1, 0.15) is 9.20 Å². The van der Waals surface area contributed by atoms with Crippen molar-refractivity contribution in [1.29, 1.82) is 0 Å². The Morgan fingerprint density at radius 1 is 1.55 bits per heavy atom.